The van der Waals surface area contributed by atoms with Gasteiger partial charge in [0.15, 0.2) is 0 Å². The Hall–Kier alpha value is -3.03. The number of amides is 2. The maximum Gasteiger partial charge on any atom is 0.255 e. The molecule has 0 aliphatic carbocycles. The summed E-state index contributed by atoms with van der Waals surface area (Å²) in [6, 6.07) is 18.8. The molecule has 7 heteroatoms. The molecule has 32 heavy (non-hydrogen) atoms. The number of rotatable bonds is 6. The Morgan fingerprint density at radius 2 is 1.72 bits per heavy atom. The number of nitrogens with one attached hydrogen (secondary N) is 2. The minimum absolute atomic E-state index is 0.00523. The summed E-state index contributed by atoms with van der Waals surface area (Å²) in [5.74, 6) is -0.209. The zero-order valence-corrected chi connectivity index (χ0v) is 19.1. The van der Waals surface area contributed by atoms with Gasteiger partial charge in [0.1, 0.15) is 0 Å². The first-order chi connectivity index (χ1) is 15.6. The Kier molecular flexibility index (Phi) is 6.97. The van der Waals surface area contributed by atoms with Crippen LogP contribution in [-0.2, 0) is 21.5 Å². The minimum atomic E-state index is -0.605. The number of carbonyl (C=O) groups is 2. The van der Waals surface area contributed by atoms with Gasteiger partial charge in [-0.05, 0) is 60.4 Å². The molecule has 1 aliphatic rings. The second-order valence-electron chi connectivity index (χ2n) is 7.77. The molecule has 0 radical (unpaired) electrons. The molecular weight excluding hydrogens is 470 g/mol. The first kappa shape index (κ1) is 22.2. The van der Waals surface area contributed by atoms with Crippen LogP contribution >= 0.6 is 15.9 Å². The molecule has 1 aliphatic heterocycles. The van der Waals surface area contributed by atoms with Crippen molar-refractivity contribution in [3.63, 3.8) is 0 Å². The molecule has 1 saturated heterocycles. The summed E-state index contributed by atoms with van der Waals surface area (Å²) in [7, 11) is 0. The van der Waals surface area contributed by atoms with Gasteiger partial charge in [-0.25, -0.2) is 0 Å². The SMILES string of the molecule is O=C(Nc1cccc(CNC(=O)C2(c3ccc(Br)cc3)CCOCC2)c1)c1ccncc1. The van der Waals surface area contributed by atoms with Crippen LogP contribution in [0.25, 0.3) is 0 Å². The molecule has 0 bridgehead atoms. The molecule has 164 valence electrons. The van der Waals surface area contributed by atoms with E-state index >= 15 is 0 Å². The molecule has 2 aromatic carbocycles. The number of ether oxygens (including phenoxy) is 1. The van der Waals surface area contributed by atoms with Gasteiger partial charge in [-0.15, -0.1) is 0 Å². The molecule has 4 rings (SSSR count). The number of pyridine rings is 1. The smallest absolute Gasteiger partial charge is 0.255 e. The molecule has 0 atom stereocenters. The number of carbonyl (C=O) groups excluding carboxylic acids is 2. The van der Waals surface area contributed by atoms with Crippen molar-refractivity contribution in [2.24, 2.45) is 0 Å². The summed E-state index contributed by atoms with van der Waals surface area (Å²) in [5.41, 5.74) is 2.51. The summed E-state index contributed by atoms with van der Waals surface area (Å²) in [6.45, 7) is 1.48. The van der Waals surface area contributed by atoms with Crippen LogP contribution in [0.4, 0.5) is 5.69 Å². The number of anilines is 1. The molecule has 0 unspecified atom stereocenters. The van der Waals surface area contributed by atoms with E-state index in [4.69, 9.17) is 4.74 Å². The van der Waals surface area contributed by atoms with Gasteiger partial charge in [0.05, 0.1) is 5.41 Å². The summed E-state index contributed by atoms with van der Waals surface area (Å²) >= 11 is 3.47. The maximum absolute atomic E-state index is 13.4. The highest BCUT2D eigenvalue weighted by Crippen LogP contribution is 2.36. The van der Waals surface area contributed by atoms with E-state index in [1.807, 2.05) is 48.5 Å². The Bertz CT molecular complexity index is 1080. The highest BCUT2D eigenvalue weighted by Gasteiger charge is 2.41. The van der Waals surface area contributed by atoms with Crippen molar-refractivity contribution >= 4 is 33.4 Å². The molecule has 0 saturated carbocycles. The predicted molar refractivity (Wildman–Crippen MR) is 126 cm³/mol. The zero-order valence-electron chi connectivity index (χ0n) is 17.5. The molecule has 1 fully saturated rings. The fourth-order valence-electron chi connectivity index (χ4n) is 3.95. The van der Waals surface area contributed by atoms with E-state index in [9.17, 15) is 9.59 Å². The average Bonchev–Trinajstić information content (AvgIpc) is 2.84. The van der Waals surface area contributed by atoms with Crippen LogP contribution in [0.1, 0.15) is 34.3 Å². The van der Waals surface area contributed by atoms with Gasteiger partial charge in [-0.1, -0.05) is 40.2 Å². The summed E-state index contributed by atoms with van der Waals surface area (Å²) in [6.07, 6.45) is 4.45. The minimum Gasteiger partial charge on any atom is -0.381 e. The largest absolute Gasteiger partial charge is 0.381 e. The van der Waals surface area contributed by atoms with Gasteiger partial charge < -0.3 is 15.4 Å². The van der Waals surface area contributed by atoms with E-state index in [-0.39, 0.29) is 11.8 Å². The van der Waals surface area contributed by atoms with Gasteiger partial charge in [0.25, 0.3) is 5.91 Å². The van der Waals surface area contributed by atoms with E-state index in [0.717, 1.165) is 15.6 Å². The normalized spacial score (nSPS) is 15.0. The van der Waals surface area contributed by atoms with Gasteiger partial charge in [-0.2, -0.15) is 0 Å². The molecule has 6 nitrogen and oxygen atoms in total. The lowest BCUT2D eigenvalue weighted by Crippen LogP contribution is -2.47. The summed E-state index contributed by atoms with van der Waals surface area (Å²) in [4.78, 5) is 29.7. The van der Waals surface area contributed by atoms with Gasteiger partial charge in [0, 0.05) is 47.9 Å². The summed E-state index contributed by atoms with van der Waals surface area (Å²) < 4.78 is 6.52. The summed E-state index contributed by atoms with van der Waals surface area (Å²) in [5, 5.41) is 6.00. The fourth-order valence-corrected chi connectivity index (χ4v) is 4.22. The fraction of sp³-hybridized carbons (Fsp3) is 0.240. The third-order valence-electron chi connectivity index (χ3n) is 5.76. The predicted octanol–water partition coefficient (Wildman–Crippen LogP) is 4.46. The molecule has 2 N–H and O–H groups in total. The standard InChI is InChI=1S/C25H24BrN3O3/c26-21-6-4-20(5-7-21)25(10-14-32-15-11-25)24(31)28-17-18-2-1-3-22(16-18)29-23(30)19-8-12-27-13-9-19/h1-9,12-13,16H,10-11,14-15,17H2,(H,28,31)(H,29,30). The number of hydrogen-bond donors (Lipinski definition) is 2. The van der Waals surface area contributed by atoms with Crippen molar-refractivity contribution in [3.8, 4) is 0 Å². The number of benzene rings is 2. The maximum atomic E-state index is 13.4. The van der Waals surface area contributed by atoms with Crippen LogP contribution in [0.3, 0.4) is 0 Å². The molecular formula is C25H24BrN3O3. The monoisotopic (exact) mass is 493 g/mol. The Morgan fingerprint density at radius 3 is 2.44 bits per heavy atom. The highest BCUT2D eigenvalue weighted by atomic mass is 79.9. The van der Waals surface area contributed by atoms with E-state index in [2.05, 4.69) is 31.5 Å². The topological polar surface area (TPSA) is 80.3 Å². The van der Waals surface area contributed by atoms with Crippen molar-refractivity contribution in [3.05, 3.63) is 94.2 Å². The third kappa shape index (κ3) is 5.06. The lowest BCUT2D eigenvalue weighted by Gasteiger charge is -2.36. The number of halogens is 1. The highest BCUT2D eigenvalue weighted by molar-refractivity contribution is 9.10. The molecule has 2 heterocycles. The Balaban J connectivity index is 1.45. The van der Waals surface area contributed by atoms with Crippen LogP contribution in [0.2, 0.25) is 0 Å². The molecule has 3 aromatic rings. The van der Waals surface area contributed by atoms with E-state index in [0.29, 0.717) is 43.9 Å². The Morgan fingerprint density at radius 1 is 1.00 bits per heavy atom. The molecule has 0 spiro atoms. The van der Waals surface area contributed by atoms with Crippen LogP contribution in [0.5, 0.6) is 0 Å². The van der Waals surface area contributed by atoms with Gasteiger partial charge in [-0.3, -0.25) is 14.6 Å². The van der Waals surface area contributed by atoms with Crippen LogP contribution in [0, 0.1) is 0 Å². The molecule has 1 aromatic heterocycles. The quantitative estimate of drug-likeness (QED) is 0.531. The van der Waals surface area contributed by atoms with Gasteiger partial charge in [0.2, 0.25) is 5.91 Å². The first-order valence-corrected chi connectivity index (χ1v) is 11.3. The van der Waals surface area contributed by atoms with Crippen molar-refractivity contribution in [2.45, 2.75) is 24.8 Å². The van der Waals surface area contributed by atoms with E-state index in [1.54, 1.807) is 24.5 Å². The second kappa shape index (κ2) is 10.1. The molecule has 2 amide bonds. The van der Waals surface area contributed by atoms with Crippen LogP contribution < -0.4 is 10.6 Å². The van der Waals surface area contributed by atoms with Crippen molar-refractivity contribution < 1.29 is 14.3 Å². The van der Waals surface area contributed by atoms with Crippen molar-refractivity contribution in [1.82, 2.24) is 10.3 Å². The third-order valence-corrected chi connectivity index (χ3v) is 6.29. The van der Waals surface area contributed by atoms with Crippen LogP contribution in [-0.4, -0.2) is 30.0 Å². The lowest BCUT2D eigenvalue weighted by molar-refractivity contribution is -0.130. The average molecular weight is 494 g/mol. The zero-order chi connectivity index (χ0) is 22.4. The second-order valence-corrected chi connectivity index (χ2v) is 8.69. The lowest BCUT2D eigenvalue weighted by atomic mass is 9.73. The first-order valence-electron chi connectivity index (χ1n) is 10.5. The van der Waals surface area contributed by atoms with Crippen molar-refractivity contribution in [1.29, 1.82) is 0 Å². The van der Waals surface area contributed by atoms with E-state index in [1.165, 1.54) is 0 Å². The number of hydrogen-bond acceptors (Lipinski definition) is 4. The number of aromatic nitrogens is 1. The van der Waals surface area contributed by atoms with Gasteiger partial charge >= 0.3 is 0 Å². The Labute approximate surface area is 195 Å². The van der Waals surface area contributed by atoms with Crippen molar-refractivity contribution in [2.75, 3.05) is 18.5 Å². The number of nitrogens with zero attached hydrogens (tertiary/aromatic N) is 1. The van der Waals surface area contributed by atoms with E-state index < -0.39 is 5.41 Å². The van der Waals surface area contributed by atoms with Crippen LogP contribution in [0.15, 0.2) is 77.5 Å².